The molecule has 6 nitrogen and oxygen atoms in total. The molecule has 1 aromatic carbocycles. The van der Waals surface area contributed by atoms with E-state index in [-0.39, 0.29) is 42.9 Å². The van der Waals surface area contributed by atoms with Crippen LogP contribution in [0.4, 0.5) is 4.79 Å². The topological polar surface area (TPSA) is 66.5 Å². The molecule has 3 rings (SSSR count). The number of nitrogens with one attached hydrogen (secondary N) is 2. The second-order valence-electron chi connectivity index (χ2n) is 6.13. The van der Waals surface area contributed by atoms with Crippen LogP contribution in [0.25, 0.3) is 0 Å². The number of urea groups is 1. The van der Waals surface area contributed by atoms with Crippen LogP contribution in [-0.4, -0.2) is 48.2 Å². The molecule has 1 saturated heterocycles. The Morgan fingerprint density at radius 1 is 1.30 bits per heavy atom. The van der Waals surface area contributed by atoms with Crippen molar-refractivity contribution in [3.63, 3.8) is 0 Å². The van der Waals surface area contributed by atoms with E-state index in [1.807, 2.05) is 54.3 Å². The van der Waals surface area contributed by atoms with Gasteiger partial charge in [0.05, 0.1) is 18.3 Å². The molecule has 0 aliphatic carbocycles. The highest BCUT2D eigenvalue weighted by atomic mass is 35.5. The first-order chi connectivity index (χ1) is 12.2. The Labute approximate surface area is 172 Å². The molecule has 1 aliphatic rings. The van der Waals surface area contributed by atoms with Crippen LogP contribution in [0.5, 0.6) is 5.75 Å². The van der Waals surface area contributed by atoms with Crippen molar-refractivity contribution < 1.29 is 9.53 Å². The van der Waals surface area contributed by atoms with E-state index in [1.165, 1.54) is 0 Å². The van der Waals surface area contributed by atoms with Gasteiger partial charge < -0.3 is 20.3 Å². The number of rotatable bonds is 5. The molecule has 0 spiro atoms. The highest BCUT2D eigenvalue weighted by molar-refractivity contribution is 5.85. The molecule has 2 atom stereocenters. The molecule has 0 bridgehead atoms. The Morgan fingerprint density at radius 2 is 2.07 bits per heavy atom. The summed E-state index contributed by atoms with van der Waals surface area (Å²) in [6, 6.07) is 13.6. The quantitative estimate of drug-likeness (QED) is 0.791. The number of carbonyl (C=O) groups is 1. The number of hydrogen-bond donors (Lipinski definition) is 2. The molecule has 1 aliphatic heterocycles. The third kappa shape index (κ3) is 6.57. The molecule has 148 valence electrons. The van der Waals surface area contributed by atoms with Gasteiger partial charge in [0.1, 0.15) is 12.4 Å². The summed E-state index contributed by atoms with van der Waals surface area (Å²) in [6.07, 6.45) is 3.39. The summed E-state index contributed by atoms with van der Waals surface area (Å²) in [5.41, 5.74) is 1.09. The number of nitrogens with zero attached hydrogens (tertiary/aromatic N) is 2. The van der Waals surface area contributed by atoms with Gasteiger partial charge in [-0.25, -0.2) is 4.79 Å². The number of hydrogen-bond acceptors (Lipinski definition) is 4. The highest BCUT2D eigenvalue weighted by Gasteiger charge is 2.28. The highest BCUT2D eigenvalue weighted by Crippen LogP contribution is 2.14. The predicted octanol–water partition coefficient (Wildman–Crippen LogP) is 3.05. The predicted molar refractivity (Wildman–Crippen MR) is 111 cm³/mol. The van der Waals surface area contributed by atoms with Crippen LogP contribution in [0.15, 0.2) is 54.9 Å². The zero-order valence-corrected chi connectivity index (χ0v) is 16.8. The van der Waals surface area contributed by atoms with E-state index in [9.17, 15) is 4.79 Å². The largest absolute Gasteiger partial charge is 0.490 e. The molecular formula is C19H26Cl2N4O2. The smallest absolute Gasteiger partial charge is 0.318 e. The number of pyridine rings is 1. The fourth-order valence-electron chi connectivity index (χ4n) is 2.90. The third-order valence-electron chi connectivity index (χ3n) is 4.33. The van der Waals surface area contributed by atoms with Gasteiger partial charge in [-0.05, 0) is 24.6 Å². The van der Waals surface area contributed by atoms with Gasteiger partial charge in [0.15, 0.2) is 0 Å². The normalized spacial score (nSPS) is 17.1. The van der Waals surface area contributed by atoms with E-state index >= 15 is 0 Å². The van der Waals surface area contributed by atoms with Crippen molar-refractivity contribution in [1.29, 1.82) is 0 Å². The van der Waals surface area contributed by atoms with Gasteiger partial charge in [0, 0.05) is 25.8 Å². The van der Waals surface area contributed by atoms with E-state index in [4.69, 9.17) is 4.74 Å². The standard InChI is InChI=1S/C19H24N4O2.2ClH/c1-15(16-6-3-2-4-7-16)22-19(24)23-11-10-21-12-17(23)14-25-18-8-5-9-20-13-18;;/h2-9,13,15,17,21H,10-12,14H2,1H3,(H,22,24);2*1H/t15-,17+;;/m1../s1. The summed E-state index contributed by atoms with van der Waals surface area (Å²) in [5.74, 6) is 0.714. The summed E-state index contributed by atoms with van der Waals surface area (Å²) in [5, 5.41) is 6.41. The molecule has 2 N–H and O–H groups in total. The third-order valence-corrected chi connectivity index (χ3v) is 4.33. The van der Waals surface area contributed by atoms with Crippen LogP contribution in [0.2, 0.25) is 0 Å². The first kappa shape index (κ1) is 23.0. The zero-order valence-electron chi connectivity index (χ0n) is 15.2. The Bertz CT molecular complexity index is 676. The van der Waals surface area contributed by atoms with Crippen LogP contribution in [0, 0.1) is 0 Å². The lowest BCUT2D eigenvalue weighted by molar-refractivity contribution is 0.122. The molecule has 2 aromatic rings. The molecule has 27 heavy (non-hydrogen) atoms. The Morgan fingerprint density at radius 3 is 2.78 bits per heavy atom. The van der Waals surface area contributed by atoms with Gasteiger partial charge in [-0.15, -0.1) is 24.8 Å². The fourth-order valence-corrected chi connectivity index (χ4v) is 2.90. The minimum atomic E-state index is -0.0577. The maximum atomic E-state index is 12.7. The summed E-state index contributed by atoms with van der Waals surface area (Å²) in [6.45, 7) is 4.60. The molecule has 0 unspecified atom stereocenters. The van der Waals surface area contributed by atoms with Crippen LogP contribution < -0.4 is 15.4 Å². The zero-order chi connectivity index (χ0) is 17.5. The number of ether oxygens (including phenoxy) is 1. The van der Waals surface area contributed by atoms with Gasteiger partial charge in [-0.3, -0.25) is 4.98 Å². The monoisotopic (exact) mass is 412 g/mol. The SMILES string of the molecule is C[C@@H](NC(=O)N1CCNC[C@H]1COc1cccnc1)c1ccccc1.Cl.Cl. The molecular weight excluding hydrogens is 387 g/mol. The maximum absolute atomic E-state index is 12.7. The number of piperazine rings is 1. The minimum Gasteiger partial charge on any atom is -0.490 e. The van der Waals surface area contributed by atoms with E-state index in [1.54, 1.807) is 12.4 Å². The summed E-state index contributed by atoms with van der Waals surface area (Å²) in [7, 11) is 0. The van der Waals surface area contributed by atoms with Crippen LogP contribution in [0.1, 0.15) is 18.5 Å². The molecule has 2 amide bonds. The van der Waals surface area contributed by atoms with Crippen molar-refractivity contribution in [2.45, 2.75) is 19.0 Å². The maximum Gasteiger partial charge on any atom is 0.318 e. The summed E-state index contributed by atoms with van der Waals surface area (Å²) in [4.78, 5) is 18.6. The Hall–Kier alpha value is -2.02. The second kappa shape index (κ2) is 11.6. The summed E-state index contributed by atoms with van der Waals surface area (Å²) < 4.78 is 5.79. The van der Waals surface area contributed by atoms with Gasteiger partial charge in [-0.2, -0.15) is 0 Å². The van der Waals surface area contributed by atoms with E-state index < -0.39 is 0 Å². The van der Waals surface area contributed by atoms with Crippen molar-refractivity contribution in [3.05, 3.63) is 60.4 Å². The van der Waals surface area contributed by atoms with Crippen molar-refractivity contribution >= 4 is 30.8 Å². The second-order valence-corrected chi connectivity index (χ2v) is 6.13. The lowest BCUT2D eigenvalue weighted by Crippen LogP contribution is -2.58. The molecule has 0 saturated carbocycles. The molecule has 0 radical (unpaired) electrons. The first-order valence-corrected chi connectivity index (χ1v) is 8.59. The van der Waals surface area contributed by atoms with Gasteiger partial charge in [-0.1, -0.05) is 30.3 Å². The van der Waals surface area contributed by atoms with Gasteiger partial charge in [0.25, 0.3) is 0 Å². The average molecular weight is 413 g/mol. The van der Waals surface area contributed by atoms with Crippen molar-refractivity contribution in [1.82, 2.24) is 20.5 Å². The minimum absolute atomic E-state index is 0. The number of aromatic nitrogens is 1. The summed E-state index contributed by atoms with van der Waals surface area (Å²) >= 11 is 0. The van der Waals surface area contributed by atoms with Crippen LogP contribution >= 0.6 is 24.8 Å². The van der Waals surface area contributed by atoms with Crippen LogP contribution in [0.3, 0.4) is 0 Å². The lowest BCUT2D eigenvalue weighted by atomic mass is 10.1. The fraction of sp³-hybridized carbons (Fsp3) is 0.368. The number of halogens is 2. The van der Waals surface area contributed by atoms with Crippen molar-refractivity contribution in [3.8, 4) is 5.75 Å². The Kier molecular flexibility index (Phi) is 9.93. The first-order valence-electron chi connectivity index (χ1n) is 8.59. The van der Waals surface area contributed by atoms with Gasteiger partial charge in [0.2, 0.25) is 0 Å². The molecule has 1 aromatic heterocycles. The van der Waals surface area contributed by atoms with E-state index in [0.717, 1.165) is 12.1 Å². The average Bonchev–Trinajstić information content (AvgIpc) is 2.68. The van der Waals surface area contributed by atoms with Crippen molar-refractivity contribution in [2.24, 2.45) is 0 Å². The number of amides is 2. The van der Waals surface area contributed by atoms with E-state index in [0.29, 0.717) is 25.4 Å². The van der Waals surface area contributed by atoms with Crippen LogP contribution in [-0.2, 0) is 0 Å². The molecule has 1 fully saturated rings. The van der Waals surface area contributed by atoms with Crippen molar-refractivity contribution in [2.75, 3.05) is 26.2 Å². The molecule has 8 heteroatoms. The number of carbonyl (C=O) groups excluding carboxylic acids is 1. The van der Waals surface area contributed by atoms with E-state index in [2.05, 4.69) is 15.6 Å². The lowest BCUT2D eigenvalue weighted by Gasteiger charge is -2.36. The molecule has 2 heterocycles. The Balaban J connectivity index is 0.00000182. The number of benzene rings is 1. The van der Waals surface area contributed by atoms with Gasteiger partial charge >= 0.3 is 6.03 Å².